The van der Waals surface area contributed by atoms with E-state index in [2.05, 4.69) is 72.7 Å². The van der Waals surface area contributed by atoms with Gasteiger partial charge in [0.25, 0.3) is 0 Å². The number of rotatable bonds is 41. The number of hydrogen-bond donors (Lipinski definition) is 4. The number of unbranched alkanes of at least 4 members (excludes halogenated alkanes) is 18. The van der Waals surface area contributed by atoms with Crippen LogP contribution in [0.2, 0.25) is 0 Å². The molecule has 1 aliphatic rings. The van der Waals surface area contributed by atoms with Crippen molar-refractivity contribution in [3.8, 4) is 0 Å². The molecule has 1 aliphatic heterocycles. The van der Waals surface area contributed by atoms with Crippen molar-refractivity contribution >= 4 is 16.4 Å². The molecule has 0 spiro atoms. The van der Waals surface area contributed by atoms with Crippen LogP contribution in [0, 0.1) is 0 Å². The predicted molar refractivity (Wildman–Crippen MR) is 248 cm³/mol. The number of allylic oxidation sites excluding steroid dienone is 10. The Morgan fingerprint density at radius 3 is 1.56 bits per heavy atom. The molecule has 13 heteroatoms. The Morgan fingerprint density at radius 2 is 1.10 bits per heavy atom. The van der Waals surface area contributed by atoms with Gasteiger partial charge in [-0.15, -0.1) is 0 Å². The molecule has 1 rings (SSSR count). The standard InChI is InChI=1S/C49H86O12S/c1-3-5-7-9-11-13-15-17-19-21-23-25-27-29-31-33-35-37-39-57-41-43(42-58-49-47(53)48(61-62(54,55)56)46(52)44(40-50)60-49)59-45(51)38-36-34-32-30-28-26-24-22-20-18-16-14-12-10-8-6-4-2/h6,8,12,14,18,20,24,26,30,32,43-44,46-50,52-53H,3-5,7,9-11,13,15-17,19,21-23,25,27-29,31,33-42H2,1-2H3,(H,54,55,56)/b8-6-,14-12-,20-18-,26-24-,32-30-. The molecule has 0 aromatic rings. The minimum Gasteiger partial charge on any atom is -0.457 e. The lowest BCUT2D eigenvalue weighted by atomic mass is 9.99. The summed E-state index contributed by atoms with van der Waals surface area (Å²) < 4.78 is 59.1. The topological polar surface area (TPSA) is 178 Å². The molecule has 6 atom stereocenters. The van der Waals surface area contributed by atoms with Crippen molar-refractivity contribution in [3.63, 3.8) is 0 Å². The van der Waals surface area contributed by atoms with Crippen molar-refractivity contribution in [2.24, 2.45) is 0 Å². The Bertz CT molecular complexity index is 1310. The van der Waals surface area contributed by atoms with Gasteiger partial charge in [0.05, 0.1) is 19.8 Å². The number of aliphatic hydroxyl groups is 3. The maximum absolute atomic E-state index is 12.8. The molecule has 12 nitrogen and oxygen atoms in total. The highest BCUT2D eigenvalue weighted by Gasteiger charge is 2.48. The Morgan fingerprint density at radius 1 is 0.629 bits per heavy atom. The molecule has 0 aliphatic carbocycles. The summed E-state index contributed by atoms with van der Waals surface area (Å²) in [6, 6.07) is 0. The normalized spacial score (nSPS) is 20.5. The van der Waals surface area contributed by atoms with Gasteiger partial charge in [0.1, 0.15) is 30.5 Å². The van der Waals surface area contributed by atoms with Gasteiger partial charge in [0.15, 0.2) is 6.29 Å². The van der Waals surface area contributed by atoms with Gasteiger partial charge in [-0.2, -0.15) is 8.42 Å². The zero-order valence-electron chi connectivity index (χ0n) is 38.4. The van der Waals surface area contributed by atoms with Crippen LogP contribution in [0.1, 0.15) is 181 Å². The largest absolute Gasteiger partial charge is 0.457 e. The van der Waals surface area contributed by atoms with Crippen LogP contribution >= 0.6 is 0 Å². The Hall–Kier alpha value is -2.20. The molecule has 1 fully saturated rings. The number of ether oxygens (including phenoxy) is 4. The van der Waals surface area contributed by atoms with E-state index in [1.54, 1.807) is 0 Å². The number of hydrogen-bond acceptors (Lipinski definition) is 11. The lowest BCUT2D eigenvalue weighted by Crippen LogP contribution is -2.60. The molecule has 360 valence electrons. The highest BCUT2D eigenvalue weighted by molar-refractivity contribution is 7.80. The number of esters is 1. The quantitative estimate of drug-likeness (QED) is 0.0198. The van der Waals surface area contributed by atoms with E-state index >= 15 is 0 Å². The SMILES string of the molecule is CC/C=C\C/C=C\C/C=C\C/C=C\C/C=C\CCCC(=O)OC(COCCCCCCCCCCCCCCCCCCCC)COC1OC(CO)C(O)C(OS(=O)(=O)O)C1O. The average Bonchev–Trinajstić information content (AvgIpc) is 3.24. The zero-order valence-corrected chi connectivity index (χ0v) is 39.2. The van der Waals surface area contributed by atoms with Crippen LogP contribution < -0.4 is 0 Å². The van der Waals surface area contributed by atoms with Crippen LogP contribution in [0.5, 0.6) is 0 Å². The van der Waals surface area contributed by atoms with E-state index in [0.717, 1.165) is 51.4 Å². The van der Waals surface area contributed by atoms with Crippen LogP contribution in [0.4, 0.5) is 0 Å². The fourth-order valence-electron chi connectivity index (χ4n) is 7.06. The maximum atomic E-state index is 12.8. The minimum atomic E-state index is -5.07. The minimum absolute atomic E-state index is 0.0132. The van der Waals surface area contributed by atoms with Gasteiger partial charge in [0, 0.05) is 13.0 Å². The monoisotopic (exact) mass is 899 g/mol. The summed E-state index contributed by atoms with van der Waals surface area (Å²) in [5.74, 6) is -0.455. The van der Waals surface area contributed by atoms with E-state index in [1.165, 1.54) is 96.3 Å². The molecule has 4 N–H and O–H groups in total. The van der Waals surface area contributed by atoms with Crippen LogP contribution in [0.15, 0.2) is 60.8 Å². The second kappa shape index (κ2) is 40.3. The molecule has 0 aromatic carbocycles. The molecule has 0 amide bonds. The van der Waals surface area contributed by atoms with Crippen LogP contribution in [-0.2, 0) is 38.3 Å². The third-order valence-electron chi connectivity index (χ3n) is 10.7. The fraction of sp³-hybridized carbons (Fsp3) is 0.776. The molecular formula is C49H86O12S. The van der Waals surface area contributed by atoms with Gasteiger partial charge in [0.2, 0.25) is 0 Å². The second-order valence-corrected chi connectivity index (χ2v) is 17.4. The third-order valence-corrected chi connectivity index (χ3v) is 11.1. The van der Waals surface area contributed by atoms with Crippen LogP contribution in [-0.4, -0.2) is 97.5 Å². The number of carbonyl (C=O) groups excluding carboxylic acids is 1. The van der Waals surface area contributed by atoms with Crippen molar-refractivity contribution < 1.29 is 56.2 Å². The molecular weight excluding hydrogens is 813 g/mol. The molecule has 1 heterocycles. The first-order chi connectivity index (χ1) is 30.1. The Balaban J connectivity index is 2.44. The first-order valence-corrected chi connectivity index (χ1v) is 25.4. The summed E-state index contributed by atoms with van der Waals surface area (Å²) in [6.07, 6.45) is 41.2. The lowest BCUT2D eigenvalue weighted by Gasteiger charge is -2.41. The summed E-state index contributed by atoms with van der Waals surface area (Å²) in [5.41, 5.74) is 0. The Labute approximate surface area is 376 Å². The van der Waals surface area contributed by atoms with Gasteiger partial charge >= 0.3 is 16.4 Å². The molecule has 0 bridgehead atoms. The van der Waals surface area contributed by atoms with Gasteiger partial charge in [-0.25, -0.2) is 4.18 Å². The zero-order chi connectivity index (χ0) is 45.4. The summed E-state index contributed by atoms with van der Waals surface area (Å²) in [6.45, 7) is 3.82. The highest BCUT2D eigenvalue weighted by Crippen LogP contribution is 2.26. The first kappa shape index (κ1) is 57.8. The number of aliphatic hydroxyl groups excluding tert-OH is 3. The van der Waals surface area contributed by atoms with E-state index in [1.807, 2.05) is 6.08 Å². The van der Waals surface area contributed by atoms with Crippen molar-refractivity contribution in [2.45, 2.75) is 218 Å². The van der Waals surface area contributed by atoms with Crippen LogP contribution in [0.25, 0.3) is 0 Å². The summed E-state index contributed by atoms with van der Waals surface area (Å²) >= 11 is 0. The highest BCUT2D eigenvalue weighted by atomic mass is 32.3. The van der Waals surface area contributed by atoms with Gasteiger partial charge in [-0.05, 0) is 51.4 Å². The molecule has 6 unspecified atom stereocenters. The van der Waals surface area contributed by atoms with E-state index in [-0.39, 0.29) is 19.6 Å². The summed E-state index contributed by atoms with van der Waals surface area (Å²) in [4.78, 5) is 12.8. The molecule has 0 radical (unpaired) electrons. The van der Waals surface area contributed by atoms with Crippen molar-refractivity contribution in [1.82, 2.24) is 0 Å². The second-order valence-electron chi connectivity index (χ2n) is 16.3. The average molecular weight is 899 g/mol. The van der Waals surface area contributed by atoms with Gasteiger partial charge < -0.3 is 34.3 Å². The lowest BCUT2D eigenvalue weighted by molar-refractivity contribution is -0.301. The van der Waals surface area contributed by atoms with Crippen LogP contribution in [0.3, 0.4) is 0 Å². The molecule has 62 heavy (non-hydrogen) atoms. The van der Waals surface area contributed by atoms with Crippen molar-refractivity contribution in [3.05, 3.63) is 60.8 Å². The molecule has 0 saturated carbocycles. The van der Waals surface area contributed by atoms with Crippen molar-refractivity contribution in [1.29, 1.82) is 0 Å². The van der Waals surface area contributed by atoms with E-state index in [9.17, 15) is 33.1 Å². The van der Waals surface area contributed by atoms with Gasteiger partial charge in [-0.1, -0.05) is 184 Å². The Kier molecular flexibility index (Phi) is 37.6. The van der Waals surface area contributed by atoms with Gasteiger partial charge in [-0.3, -0.25) is 9.35 Å². The smallest absolute Gasteiger partial charge is 0.397 e. The first-order valence-electron chi connectivity index (χ1n) is 24.0. The summed E-state index contributed by atoms with van der Waals surface area (Å²) in [7, 11) is -5.07. The third kappa shape index (κ3) is 33.3. The number of carbonyl (C=O) groups is 1. The summed E-state index contributed by atoms with van der Waals surface area (Å²) in [5, 5.41) is 30.7. The molecule has 1 saturated heterocycles. The van der Waals surface area contributed by atoms with E-state index in [4.69, 9.17) is 18.9 Å². The fourth-order valence-corrected chi connectivity index (χ4v) is 7.57. The maximum Gasteiger partial charge on any atom is 0.397 e. The predicted octanol–water partition coefficient (Wildman–Crippen LogP) is 10.5. The van der Waals surface area contributed by atoms with Crippen molar-refractivity contribution in [2.75, 3.05) is 26.4 Å². The van der Waals surface area contributed by atoms with E-state index < -0.39 is 59.8 Å². The van der Waals surface area contributed by atoms with E-state index in [0.29, 0.717) is 19.4 Å². The molecule has 0 aromatic heterocycles.